The molecule has 0 bridgehead atoms. The molecular formula is C29H48O2. The number of ketones is 1. The van der Waals surface area contributed by atoms with Crippen LogP contribution in [0.4, 0.5) is 0 Å². The minimum Gasteiger partial charge on any atom is -0.370 e. The lowest BCUT2D eigenvalue weighted by atomic mass is 9.44. The third-order valence-corrected chi connectivity index (χ3v) is 11.7. The van der Waals surface area contributed by atoms with Crippen LogP contribution >= 0.6 is 0 Å². The van der Waals surface area contributed by atoms with Crippen molar-refractivity contribution in [1.82, 2.24) is 0 Å². The van der Waals surface area contributed by atoms with Crippen molar-refractivity contribution in [2.24, 2.45) is 46.3 Å². The predicted molar refractivity (Wildman–Crippen MR) is 127 cm³/mol. The molecule has 1 heterocycles. The van der Waals surface area contributed by atoms with Gasteiger partial charge in [0.15, 0.2) is 5.78 Å². The quantitative estimate of drug-likeness (QED) is 0.451. The van der Waals surface area contributed by atoms with Crippen molar-refractivity contribution < 1.29 is 9.53 Å². The Labute approximate surface area is 191 Å². The molecule has 4 aliphatic carbocycles. The van der Waals surface area contributed by atoms with Gasteiger partial charge in [0.25, 0.3) is 0 Å². The Morgan fingerprint density at radius 1 is 0.871 bits per heavy atom. The number of Topliss-reactive ketones (excluding diaryl/α,β-unsaturated/α-hetero) is 1. The molecule has 2 unspecified atom stereocenters. The first kappa shape index (κ1) is 22.4. The van der Waals surface area contributed by atoms with Crippen molar-refractivity contribution in [3.8, 4) is 0 Å². The summed E-state index contributed by atoms with van der Waals surface area (Å²) in [4.78, 5) is 12.7. The van der Waals surface area contributed by atoms with Crippen molar-refractivity contribution in [3.63, 3.8) is 0 Å². The average Bonchev–Trinajstić information content (AvgIpc) is 3.14. The Morgan fingerprint density at radius 3 is 2.48 bits per heavy atom. The fraction of sp³-hybridized carbons (Fsp3) is 0.966. The van der Waals surface area contributed by atoms with E-state index >= 15 is 0 Å². The molecule has 0 spiro atoms. The van der Waals surface area contributed by atoms with Crippen LogP contribution in [-0.2, 0) is 9.53 Å². The van der Waals surface area contributed by atoms with Gasteiger partial charge in [0.05, 0.1) is 0 Å². The van der Waals surface area contributed by atoms with E-state index in [2.05, 4.69) is 20.8 Å². The Morgan fingerprint density at radius 2 is 1.68 bits per heavy atom. The van der Waals surface area contributed by atoms with Gasteiger partial charge in [-0.25, -0.2) is 0 Å². The summed E-state index contributed by atoms with van der Waals surface area (Å²) in [5, 5.41) is 0. The number of carbonyl (C=O) groups is 1. The van der Waals surface area contributed by atoms with E-state index in [1.807, 2.05) is 0 Å². The second kappa shape index (κ2) is 8.77. The van der Waals surface area contributed by atoms with Crippen molar-refractivity contribution in [3.05, 3.63) is 0 Å². The molecular weight excluding hydrogens is 380 g/mol. The lowest BCUT2D eigenvalue weighted by molar-refractivity contribution is -0.134. The summed E-state index contributed by atoms with van der Waals surface area (Å²) in [6.45, 7) is 8.63. The number of fused-ring (bicyclic) bond motifs is 5. The van der Waals surface area contributed by atoms with Gasteiger partial charge in [-0.3, -0.25) is 4.79 Å². The van der Waals surface area contributed by atoms with Crippen molar-refractivity contribution in [2.45, 2.75) is 123 Å². The number of hydrogen-bond donors (Lipinski definition) is 0. The van der Waals surface area contributed by atoms with Crippen LogP contribution < -0.4 is 0 Å². The molecule has 5 fully saturated rings. The zero-order valence-electron chi connectivity index (χ0n) is 20.7. The molecule has 0 N–H and O–H groups in total. The Bertz CT molecular complexity index is 651. The van der Waals surface area contributed by atoms with E-state index in [4.69, 9.17) is 4.74 Å². The largest absolute Gasteiger partial charge is 0.370 e. The highest BCUT2D eigenvalue weighted by Crippen LogP contribution is 2.68. The molecule has 0 amide bonds. The minimum atomic E-state index is -0.0882. The highest BCUT2D eigenvalue weighted by Gasteiger charge is 2.60. The normalized spacial score (nSPS) is 48.4. The number of rotatable bonds is 5. The van der Waals surface area contributed by atoms with E-state index in [0.29, 0.717) is 22.5 Å². The van der Waals surface area contributed by atoms with Gasteiger partial charge >= 0.3 is 0 Å². The third-order valence-electron chi connectivity index (χ3n) is 11.7. The van der Waals surface area contributed by atoms with Gasteiger partial charge < -0.3 is 4.74 Å². The van der Waals surface area contributed by atoms with E-state index in [1.165, 1.54) is 64.2 Å². The van der Waals surface area contributed by atoms with Crippen LogP contribution in [-0.4, -0.2) is 18.5 Å². The first-order valence-electron chi connectivity index (χ1n) is 14.1. The summed E-state index contributed by atoms with van der Waals surface area (Å²) >= 11 is 0. The minimum absolute atomic E-state index is 0.0882. The number of carbonyl (C=O) groups excluding carboxylic acids is 1. The molecule has 176 valence electrons. The van der Waals surface area contributed by atoms with E-state index in [9.17, 15) is 4.79 Å². The maximum absolute atomic E-state index is 12.7. The molecule has 0 aromatic rings. The second-order valence-electron chi connectivity index (χ2n) is 13.0. The van der Waals surface area contributed by atoms with Crippen LogP contribution in [0.25, 0.3) is 0 Å². The van der Waals surface area contributed by atoms with Gasteiger partial charge in [0.1, 0.15) is 6.10 Å². The van der Waals surface area contributed by atoms with Crippen molar-refractivity contribution >= 4 is 5.78 Å². The lowest BCUT2D eigenvalue weighted by Crippen LogP contribution is -2.53. The van der Waals surface area contributed by atoms with E-state index in [0.717, 1.165) is 68.3 Å². The van der Waals surface area contributed by atoms with Crippen LogP contribution in [0.1, 0.15) is 117 Å². The Kier molecular flexibility index (Phi) is 6.34. The summed E-state index contributed by atoms with van der Waals surface area (Å²) in [5.74, 6) is 5.87. The van der Waals surface area contributed by atoms with E-state index < -0.39 is 0 Å². The van der Waals surface area contributed by atoms with Crippen LogP contribution in [0.5, 0.6) is 0 Å². The van der Waals surface area contributed by atoms with Crippen LogP contribution in [0, 0.1) is 46.3 Å². The Hall–Kier alpha value is -0.370. The summed E-state index contributed by atoms with van der Waals surface area (Å²) < 4.78 is 5.77. The summed E-state index contributed by atoms with van der Waals surface area (Å²) in [6.07, 6.45) is 19.8. The monoisotopic (exact) mass is 428 g/mol. The maximum atomic E-state index is 12.7. The molecule has 9 atom stereocenters. The van der Waals surface area contributed by atoms with E-state index in [1.54, 1.807) is 0 Å². The van der Waals surface area contributed by atoms with Crippen molar-refractivity contribution in [1.29, 1.82) is 0 Å². The highest BCUT2D eigenvalue weighted by atomic mass is 16.5. The molecule has 0 aromatic heterocycles. The molecule has 0 radical (unpaired) electrons. The smallest absolute Gasteiger partial charge is 0.161 e. The van der Waals surface area contributed by atoms with Gasteiger partial charge in [0.2, 0.25) is 0 Å². The topological polar surface area (TPSA) is 26.3 Å². The predicted octanol–water partition coefficient (Wildman–Crippen LogP) is 7.59. The summed E-state index contributed by atoms with van der Waals surface area (Å²) in [5.41, 5.74) is 1.18. The molecule has 0 aromatic carbocycles. The molecule has 5 aliphatic rings. The maximum Gasteiger partial charge on any atom is 0.161 e. The number of hydrogen-bond acceptors (Lipinski definition) is 2. The van der Waals surface area contributed by atoms with Gasteiger partial charge in [-0.05, 0) is 123 Å². The van der Waals surface area contributed by atoms with Crippen LogP contribution in [0.3, 0.4) is 0 Å². The van der Waals surface area contributed by atoms with Crippen molar-refractivity contribution in [2.75, 3.05) is 6.61 Å². The highest BCUT2D eigenvalue weighted by molar-refractivity contribution is 5.83. The fourth-order valence-electron chi connectivity index (χ4n) is 10.00. The summed E-state index contributed by atoms with van der Waals surface area (Å²) in [6, 6.07) is 0. The first-order valence-corrected chi connectivity index (χ1v) is 14.1. The van der Waals surface area contributed by atoms with Gasteiger partial charge in [-0.2, -0.15) is 0 Å². The SMILES string of the molecule is C[C@H](CCC(=O)C1CCCCO1)[C@H]1CC[C@H]2[C@@H]3CCC4CCCC[C@]4(C)[C@H]3CC[C@]12C. The van der Waals surface area contributed by atoms with Gasteiger partial charge in [-0.1, -0.05) is 33.6 Å². The first-order chi connectivity index (χ1) is 14.9. The molecule has 31 heavy (non-hydrogen) atoms. The zero-order valence-corrected chi connectivity index (χ0v) is 20.7. The fourth-order valence-corrected chi connectivity index (χ4v) is 10.00. The zero-order chi connectivity index (χ0) is 21.6. The molecule has 1 saturated heterocycles. The molecule has 1 aliphatic heterocycles. The average molecular weight is 429 g/mol. The molecule has 4 saturated carbocycles. The van der Waals surface area contributed by atoms with Gasteiger partial charge in [0, 0.05) is 13.0 Å². The Balaban J connectivity index is 1.23. The molecule has 2 nitrogen and oxygen atoms in total. The molecule has 5 rings (SSSR count). The molecule has 2 heteroatoms. The summed E-state index contributed by atoms with van der Waals surface area (Å²) in [7, 11) is 0. The van der Waals surface area contributed by atoms with Gasteiger partial charge in [-0.15, -0.1) is 0 Å². The van der Waals surface area contributed by atoms with Crippen LogP contribution in [0.15, 0.2) is 0 Å². The van der Waals surface area contributed by atoms with E-state index in [-0.39, 0.29) is 6.10 Å². The van der Waals surface area contributed by atoms with Crippen LogP contribution in [0.2, 0.25) is 0 Å². The lowest BCUT2D eigenvalue weighted by Gasteiger charge is -2.61. The number of ether oxygens (including phenoxy) is 1. The standard InChI is InChI=1S/C29H48O2/c1-20(10-15-26(30)27-9-5-7-19-31-27)23-13-14-24-22-12-11-21-8-4-6-17-28(21,2)25(22)16-18-29(23,24)3/h20-25,27H,4-19H2,1-3H3/t20-,21?,22+,23-,24+,25+,27?,28+,29-/m1/s1. The second-order valence-corrected chi connectivity index (χ2v) is 13.0. The third kappa shape index (κ3) is 3.85.